The molecule has 32 heavy (non-hydrogen) atoms. The Kier molecular flexibility index (Phi) is 5.77. The van der Waals surface area contributed by atoms with Gasteiger partial charge in [0.15, 0.2) is 0 Å². The Morgan fingerprint density at radius 3 is 2.66 bits per heavy atom. The normalized spacial score (nSPS) is 11.3. The van der Waals surface area contributed by atoms with Crippen molar-refractivity contribution >= 4 is 49.8 Å². The molecule has 8 nitrogen and oxygen atoms in total. The Labute approximate surface area is 189 Å². The number of pyridine rings is 1. The molecule has 2 heterocycles. The van der Waals surface area contributed by atoms with E-state index < -0.39 is 15.9 Å². The van der Waals surface area contributed by atoms with E-state index in [1.54, 1.807) is 36.9 Å². The van der Waals surface area contributed by atoms with E-state index in [0.717, 1.165) is 5.69 Å². The number of benzene rings is 2. The summed E-state index contributed by atoms with van der Waals surface area (Å²) in [5.74, 6) is -0.0927. The lowest BCUT2D eigenvalue weighted by Crippen LogP contribution is -2.31. The SMILES string of the molecule is COc1cccc(Nc2ccc(Cl)c3c2cc(C(=O)NS(=O)(=O)c2cccnc2)n3C)c1. The molecule has 4 aromatic rings. The maximum atomic E-state index is 12.9. The number of ether oxygens (including phenoxy) is 1. The van der Waals surface area contributed by atoms with Crippen LogP contribution >= 0.6 is 11.6 Å². The van der Waals surface area contributed by atoms with Gasteiger partial charge in [-0.05, 0) is 42.5 Å². The number of anilines is 2. The second-order valence-electron chi connectivity index (χ2n) is 6.93. The van der Waals surface area contributed by atoms with E-state index in [4.69, 9.17) is 16.3 Å². The first-order chi connectivity index (χ1) is 15.3. The van der Waals surface area contributed by atoms with Gasteiger partial charge in [-0.2, -0.15) is 0 Å². The third-order valence-corrected chi connectivity index (χ3v) is 6.52. The van der Waals surface area contributed by atoms with Crippen molar-refractivity contribution in [3.05, 3.63) is 77.7 Å². The Morgan fingerprint density at radius 1 is 1.12 bits per heavy atom. The minimum atomic E-state index is -4.08. The van der Waals surface area contributed by atoms with Crippen LogP contribution in [0, 0.1) is 0 Å². The highest BCUT2D eigenvalue weighted by molar-refractivity contribution is 7.90. The van der Waals surface area contributed by atoms with Gasteiger partial charge in [0.25, 0.3) is 15.9 Å². The third kappa shape index (κ3) is 4.12. The minimum absolute atomic E-state index is 0.106. The van der Waals surface area contributed by atoms with Crippen LogP contribution in [0.4, 0.5) is 11.4 Å². The Hall–Kier alpha value is -3.56. The average molecular weight is 471 g/mol. The fourth-order valence-corrected chi connectivity index (χ4v) is 4.56. The molecule has 4 rings (SSSR count). The molecule has 0 saturated carbocycles. The number of fused-ring (bicyclic) bond motifs is 1. The number of carbonyl (C=O) groups excluding carboxylic acids is 1. The highest BCUT2D eigenvalue weighted by Crippen LogP contribution is 2.34. The first-order valence-electron chi connectivity index (χ1n) is 9.46. The van der Waals surface area contributed by atoms with Crippen molar-refractivity contribution in [2.75, 3.05) is 12.4 Å². The Morgan fingerprint density at radius 2 is 1.94 bits per heavy atom. The topological polar surface area (TPSA) is 102 Å². The number of nitrogens with zero attached hydrogens (tertiary/aromatic N) is 2. The van der Waals surface area contributed by atoms with Crippen molar-refractivity contribution in [2.24, 2.45) is 7.05 Å². The molecule has 1 amide bonds. The lowest BCUT2D eigenvalue weighted by molar-refractivity contribution is 0.0974. The smallest absolute Gasteiger partial charge is 0.281 e. The monoisotopic (exact) mass is 470 g/mol. The fraction of sp³-hybridized carbons (Fsp3) is 0.0909. The van der Waals surface area contributed by atoms with Crippen LogP contribution in [0.2, 0.25) is 5.02 Å². The molecule has 0 fully saturated rings. The summed E-state index contributed by atoms with van der Waals surface area (Å²) in [4.78, 5) is 16.6. The Bertz CT molecular complexity index is 1420. The van der Waals surface area contributed by atoms with Crippen LogP contribution in [0.5, 0.6) is 5.75 Å². The van der Waals surface area contributed by atoms with Gasteiger partial charge in [0, 0.05) is 42.3 Å². The van der Waals surface area contributed by atoms with Crippen molar-refractivity contribution in [1.82, 2.24) is 14.3 Å². The molecule has 0 saturated heterocycles. The van der Waals surface area contributed by atoms with E-state index in [1.807, 2.05) is 24.3 Å². The van der Waals surface area contributed by atoms with Gasteiger partial charge in [0.1, 0.15) is 16.3 Å². The number of carbonyl (C=O) groups is 1. The largest absolute Gasteiger partial charge is 0.497 e. The molecule has 0 spiro atoms. The first-order valence-corrected chi connectivity index (χ1v) is 11.3. The lowest BCUT2D eigenvalue weighted by atomic mass is 10.2. The van der Waals surface area contributed by atoms with Crippen molar-refractivity contribution < 1.29 is 17.9 Å². The summed E-state index contributed by atoms with van der Waals surface area (Å²) in [6, 6.07) is 15.3. The Balaban J connectivity index is 1.72. The van der Waals surface area contributed by atoms with Gasteiger partial charge < -0.3 is 14.6 Å². The summed E-state index contributed by atoms with van der Waals surface area (Å²) >= 11 is 6.41. The molecule has 164 valence electrons. The summed E-state index contributed by atoms with van der Waals surface area (Å²) in [6.07, 6.45) is 2.62. The van der Waals surface area contributed by atoms with Crippen molar-refractivity contribution in [2.45, 2.75) is 4.90 Å². The molecular formula is C22H19ClN4O4S. The van der Waals surface area contributed by atoms with Crippen LogP contribution in [0.3, 0.4) is 0 Å². The highest BCUT2D eigenvalue weighted by Gasteiger charge is 2.23. The minimum Gasteiger partial charge on any atom is -0.497 e. The molecule has 2 N–H and O–H groups in total. The molecular weight excluding hydrogens is 452 g/mol. The maximum Gasteiger partial charge on any atom is 0.281 e. The van der Waals surface area contributed by atoms with Gasteiger partial charge in [0.2, 0.25) is 0 Å². The molecule has 0 unspecified atom stereocenters. The van der Waals surface area contributed by atoms with E-state index in [0.29, 0.717) is 27.4 Å². The van der Waals surface area contributed by atoms with E-state index in [-0.39, 0.29) is 10.6 Å². The molecule has 0 bridgehead atoms. The number of amides is 1. The number of halogens is 1. The van der Waals surface area contributed by atoms with E-state index in [9.17, 15) is 13.2 Å². The summed E-state index contributed by atoms with van der Waals surface area (Å²) in [5, 5.41) is 4.38. The van der Waals surface area contributed by atoms with Gasteiger partial charge >= 0.3 is 0 Å². The second kappa shape index (κ2) is 8.52. The van der Waals surface area contributed by atoms with Crippen LogP contribution in [0.15, 0.2) is 71.9 Å². The molecule has 2 aromatic heterocycles. The van der Waals surface area contributed by atoms with Gasteiger partial charge in [-0.25, -0.2) is 13.1 Å². The number of aromatic nitrogens is 2. The first kappa shape index (κ1) is 21.7. The van der Waals surface area contributed by atoms with Crippen molar-refractivity contribution in [3.63, 3.8) is 0 Å². The molecule has 10 heteroatoms. The average Bonchev–Trinajstić information content (AvgIpc) is 3.14. The number of sulfonamides is 1. The summed E-state index contributed by atoms with van der Waals surface area (Å²) in [6.45, 7) is 0. The quantitative estimate of drug-likeness (QED) is 0.440. The van der Waals surface area contributed by atoms with Gasteiger partial charge in [0.05, 0.1) is 17.6 Å². The maximum absolute atomic E-state index is 12.9. The van der Waals surface area contributed by atoms with Crippen molar-refractivity contribution in [1.29, 1.82) is 0 Å². The highest BCUT2D eigenvalue weighted by atomic mass is 35.5. The van der Waals surface area contributed by atoms with E-state index in [1.165, 1.54) is 24.5 Å². The molecule has 0 radical (unpaired) electrons. The number of nitrogens with one attached hydrogen (secondary N) is 2. The van der Waals surface area contributed by atoms with Crippen LogP contribution < -0.4 is 14.8 Å². The molecule has 0 aliphatic carbocycles. The lowest BCUT2D eigenvalue weighted by Gasteiger charge is -2.10. The number of hydrogen-bond donors (Lipinski definition) is 2. The summed E-state index contributed by atoms with van der Waals surface area (Å²) < 4.78 is 34.0. The number of rotatable bonds is 6. The zero-order chi connectivity index (χ0) is 22.9. The van der Waals surface area contributed by atoms with Crippen molar-refractivity contribution in [3.8, 4) is 5.75 Å². The number of aryl methyl sites for hydroxylation is 1. The van der Waals surface area contributed by atoms with E-state index >= 15 is 0 Å². The van der Waals surface area contributed by atoms with Gasteiger partial charge in [-0.1, -0.05) is 17.7 Å². The third-order valence-electron chi connectivity index (χ3n) is 4.90. The standard InChI is InChI=1S/C22H19ClN4O4S/c1-27-20(22(28)26-32(29,30)16-7-4-10-24-13-16)12-17-19(9-8-18(23)21(17)27)25-14-5-3-6-15(11-14)31-2/h3-13,25H,1-2H3,(H,26,28). The fourth-order valence-electron chi connectivity index (χ4n) is 3.34. The number of hydrogen-bond acceptors (Lipinski definition) is 6. The van der Waals surface area contributed by atoms with Gasteiger partial charge in [-0.3, -0.25) is 9.78 Å². The zero-order valence-electron chi connectivity index (χ0n) is 17.2. The predicted molar refractivity (Wildman–Crippen MR) is 123 cm³/mol. The van der Waals surface area contributed by atoms with Crippen LogP contribution in [-0.4, -0.2) is 31.0 Å². The van der Waals surface area contributed by atoms with Gasteiger partial charge in [-0.15, -0.1) is 0 Å². The molecule has 0 aliphatic rings. The summed E-state index contributed by atoms with van der Waals surface area (Å²) in [7, 11) is -0.844. The van der Waals surface area contributed by atoms with E-state index in [2.05, 4.69) is 15.0 Å². The molecule has 2 aromatic carbocycles. The zero-order valence-corrected chi connectivity index (χ0v) is 18.7. The van der Waals surface area contributed by atoms with Crippen LogP contribution in [0.1, 0.15) is 10.5 Å². The van der Waals surface area contributed by atoms with Crippen LogP contribution in [0.25, 0.3) is 10.9 Å². The second-order valence-corrected chi connectivity index (χ2v) is 9.02. The predicted octanol–water partition coefficient (Wildman–Crippen LogP) is 4.10. The summed E-state index contributed by atoms with van der Waals surface area (Å²) in [5.41, 5.74) is 2.20. The number of methoxy groups -OCH3 is 1. The molecule has 0 aliphatic heterocycles. The van der Waals surface area contributed by atoms with Crippen LogP contribution in [-0.2, 0) is 17.1 Å². The molecule has 0 atom stereocenters.